The first-order valence-electron chi connectivity index (χ1n) is 4.02. The van der Waals surface area contributed by atoms with Crippen LogP contribution in [0.4, 0.5) is 0 Å². The van der Waals surface area contributed by atoms with Crippen LogP contribution in [0.1, 0.15) is 17.4 Å². The van der Waals surface area contributed by atoms with Crippen molar-refractivity contribution in [2.45, 2.75) is 13.0 Å². The third-order valence-electron chi connectivity index (χ3n) is 2.04. The zero-order valence-electron chi connectivity index (χ0n) is 7.49. The van der Waals surface area contributed by atoms with Gasteiger partial charge in [-0.15, -0.1) is 0 Å². The van der Waals surface area contributed by atoms with Gasteiger partial charge in [0.1, 0.15) is 17.6 Å². The molecule has 1 atom stereocenters. The Balaban J connectivity index is 2.54. The van der Waals surface area contributed by atoms with Crippen LogP contribution >= 0.6 is 0 Å². The predicted molar refractivity (Wildman–Crippen MR) is 45.0 cm³/mol. The van der Waals surface area contributed by atoms with Crippen LogP contribution in [0.25, 0.3) is 0 Å². The Bertz CT molecular complexity index is 376. The molecule has 1 aromatic rings. The van der Waals surface area contributed by atoms with E-state index >= 15 is 0 Å². The van der Waals surface area contributed by atoms with Gasteiger partial charge in [0.2, 0.25) is 0 Å². The van der Waals surface area contributed by atoms with Crippen LogP contribution in [0.2, 0.25) is 0 Å². The van der Waals surface area contributed by atoms with Crippen molar-refractivity contribution in [3.05, 3.63) is 27.8 Å². The maximum absolute atomic E-state index is 11.1. The van der Waals surface area contributed by atoms with Gasteiger partial charge in [0.15, 0.2) is 0 Å². The van der Waals surface area contributed by atoms with Crippen molar-refractivity contribution in [2.24, 2.45) is 0 Å². The maximum atomic E-state index is 11.1. The third-order valence-corrected chi connectivity index (χ3v) is 2.04. The largest absolute Gasteiger partial charge is 0.496 e. The summed E-state index contributed by atoms with van der Waals surface area (Å²) in [5.74, 6) is 1.14. The minimum absolute atomic E-state index is 0.0530. The molecule has 1 saturated heterocycles. The van der Waals surface area contributed by atoms with Gasteiger partial charge >= 0.3 is 5.63 Å². The third kappa shape index (κ3) is 1.45. The van der Waals surface area contributed by atoms with Gasteiger partial charge < -0.3 is 13.9 Å². The van der Waals surface area contributed by atoms with E-state index in [9.17, 15) is 4.79 Å². The number of hydrogen-bond donors (Lipinski definition) is 0. The molecule has 0 saturated carbocycles. The Labute approximate surface area is 75.1 Å². The van der Waals surface area contributed by atoms with Crippen molar-refractivity contribution >= 4 is 0 Å². The fraction of sp³-hybridized carbons (Fsp3) is 0.444. The molecule has 0 unspecified atom stereocenters. The zero-order chi connectivity index (χ0) is 9.42. The molecule has 13 heavy (non-hydrogen) atoms. The van der Waals surface area contributed by atoms with E-state index in [-0.39, 0.29) is 6.10 Å². The molecule has 0 bridgehead atoms. The van der Waals surface area contributed by atoms with Crippen molar-refractivity contribution < 1.29 is 13.9 Å². The van der Waals surface area contributed by atoms with Gasteiger partial charge in [-0.2, -0.15) is 0 Å². The van der Waals surface area contributed by atoms with Gasteiger partial charge in [0, 0.05) is 5.56 Å². The Morgan fingerprint density at radius 1 is 1.62 bits per heavy atom. The second-order valence-corrected chi connectivity index (χ2v) is 2.95. The Kier molecular flexibility index (Phi) is 1.84. The number of methoxy groups -OCH3 is 1. The highest BCUT2D eigenvalue weighted by Gasteiger charge is 2.30. The quantitative estimate of drug-likeness (QED) is 0.641. The monoisotopic (exact) mass is 182 g/mol. The van der Waals surface area contributed by atoms with Gasteiger partial charge in [-0.05, 0) is 6.92 Å². The molecule has 0 aliphatic carbocycles. The first-order chi connectivity index (χ1) is 6.22. The molecule has 2 rings (SSSR count). The number of rotatable bonds is 2. The predicted octanol–water partition coefficient (Wildman–Crippen LogP) is 1.03. The summed E-state index contributed by atoms with van der Waals surface area (Å²) in [5, 5.41) is 0. The summed E-state index contributed by atoms with van der Waals surface area (Å²) in [6.45, 7) is 2.47. The average molecular weight is 182 g/mol. The van der Waals surface area contributed by atoms with E-state index < -0.39 is 5.63 Å². The Morgan fingerprint density at radius 2 is 2.31 bits per heavy atom. The van der Waals surface area contributed by atoms with Crippen molar-refractivity contribution in [2.75, 3.05) is 13.7 Å². The molecule has 4 heteroatoms. The second kappa shape index (κ2) is 2.88. The zero-order valence-corrected chi connectivity index (χ0v) is 7.49. The van der Waals surface area contributed by atoms with Crippen LogP contribution in [-0.4, -0.2) is 13.7 Å². The molecule has 1 aliphatic heterocycles. The molecule has 0 N–H and O–H groups in total. The second-order valence-electron chi connectivity index (χ2n) is 2.95. The highest BCUT2D eigenvalue weighted by atomic mass is 16.6. The minimum atomic E-state index is -0.395. The molecule has 70 valence electrons. The van der Waals surface area contributed by atoms with Crippen LogP contribution in [0.5, 0.6) is 5.75 Å². The summed E-state index contributed by atoms with van der Waals surface area (Å²) in [4.78, 5) is 11.1. The standard InChI is InChI=1S/C9H10O4/c1-5-6(11-2)3-8(10)13-9(5)7-4-12-7/h3,7H,4H2,1-2H3/t7-/m1/s1. The fourth-order valence-corrected chi connectivity index (χ4v) is 1.27. The van der Waals surface area contributed by atoms with E-state index in [2.05, 4.69) is 0 Å². The summed E-state index contributed by atoms with van der Waals surface area (Å²) in [7, 11) is 1.53. The molecule has 0 aromatic carbocycles. The van der Waals surface area contributed by atoms with Gasteiger partial charge in [-0.25, -0.2) is 4.79 Å². The number of hydrogen-bond acceptors (Lipinski definition) is 4. The normalized spacial score (nSPS) is 20.0. The van der Waals surface area contributed by atoms with Crippen LogP contribution in [0, 0.1) is 6.92 Å². The Morgan fingerprint density at radius 3 is 2.85 bits per heavy atom. The molecule has 0 amide bonds. The van der Waals surface area contributed by atoms with Crippen LogP contribution in [0.3, 0.4) is 0 Å². The van der Waals surface area contributed by atoms with E-state index in [4.69, 9.17) is 13.9 Å². The topological polar surface area (TPSA) is 52.0 Å². The lowest BCUT2D eigenvalue weighted by Gasteiger charge is -2.05. The Hall–Kier alpha value is -1.29. The van der Waals surface area contributed by atoms with Crippen molar-refractivity contribution in [3.8, 4) is 5.75 Å². The highest BCUT2D eigenvalue weighted by molar-refractivity contribution is 5.34. The van der Waals surface area contributed by atoms with Crippen molar-refractivity contribution in [1.29, 1.82) is 0 Å². The molecular formula is C9H10O4. The van der Waals surface area contributed by atoms with E-state index in [0.29, 0.717) is 18.1 Å². The van der Waals surface area contributed by atoms with Gasteiger partial charge in [-0.3, -0.25) is 0 Å². The van der Waals surface area contributed by atoms with E-state index in [1.807, 2.05) is 6.92 Å². The van der Waals surface area contributed by atoms with Gasteiger partial charge in [-0.1, -0.05) is 0 Å². The molecule has 2 heterocycles. The highest BCUT2D eigenvalue weighted by Crippen LogP contribution is 2.34. The number of epoxide rings is 1. The van der Waals surface area contributed by atoms with Crippen LogP contribution < -0.4 is 10.4 Å². The van der Waals surface area contributed by atoms with E-state index in [1.54, 1.807) is 0 Å². The van der Waals surface area contributed by atoms with E-state index in [0.717, 1.165) is 5.56 Å². The summed E-state index contributed by atoms with van der Waals surface area (Å²) in [6, 6.07) is 1.33. The average Bonchev–Trinajstić information content (AvgIpc) is 2.91. The van der Waals surface area contributed by atoms with Crippen molar-refractivity contribution in [1.82, 2.24) is 0 Å². The summed E-state index contributed by atoms with van der Waals surface area (Å²) in [6.07, 6.45) is -0.0530. The summed E-state index contributed by atoms with van der Waals surface area (Å²) >= 11 is 0. The number of ether oxygens (including phenoxy) is 2. The molecule has 0 spiro atoms. The lowest BCUT2D eigenvalue weighted by molar-refractivity contribution is 0.340. The van der Waals surface area contributed by atoms with E-state index in [1.165, 1.54) is 13.2 Å². The lowest BCUT2D eigenvalue weighted by Crippen LogP contribution is -2.04. The molecule has 0 radical (unpaired) electrons. The fourth-order valence-electron chi connectivity index (χ4n) is 1.27. The molecule has 1 aliphatic rings. The summed E-state index contributed by atoms with van der Waals surface area (Å²) in [5.41, 5.74) is 0.442. The maximum Gasteiger partial charge on any atom is 0.339 e. The molecule has 4 nitrogen and oxygen atoms in total. The smallest absolute Gasteiger partial charge is 0.339 e. The minimum Gasteiger partial charge on any atom is -0.496 e. The van der Waals surface area contributed by atoms with Crippen LogP contribution in [0.15, 0.2) is 15.3 Å². The summed E-state index contributed by atoms with van der Waals surface area (Å²) < 4.78 is 15.1. The van der Waals surface area contributed by atoms with Crippen LogP contribution in [-0.2, 0) is 4.74 Å². The first kappa shape index (κ1) is 8.31. The van der Waals surface area contributed by atoms with Gasteiger partial charge in [0.05, 0.1) is 19.8 Å². The van der Waals surface area contributed by atoms with Gasteiger partial charge in [0.25, 0.3) is 0 Å². The molecule has 1 aromatic heterocycles. The lowest BCUT2D eigenvalue weighted by atomic mass is 10.2. The molecule has 1 fully saturated rings. The molecular weight excluding hydrogens is 172 g/mol. The first-order valence-corrected chi connectivity index (χ1v) is 4.02. The van der Waals surface area contributed by atoms with Crippen molar-refractivity contribution in [3.63, 3.8) is 0 Å². The SMILES string of the molecule is COc1cc(=O)oc([C@H]2CO2)c1C.